The molecule has 1 unspecified atom stereocenters. The Morgan fingerprint density at radius 2 is 2.00 bits per heavy atom. The molecule has 2 aliphatic rings. The van der Waals surface area contributed by atoms with E-state index in [4.69, 9.17) is 5.73 Å². The molecule has 128 valence electrons. The van der Waals surface area contributed by atoms with Gasteiger partial charge in [-0.3, -0.25) is 4.79 Å². The van der Waals surface area contributed by atoms with Gasteiger partial charge in [-0.15, -0.1) is 11.3 Å². The molecular weight excluding hydrogens is 354 g/mol. The third-order valence-electron chi connectivity index (χ3n) is 4.16. The number of hydrogen-bond donors (Lipinski definition) is 1. The van der Waals surface area contributed by atoms with Gasteiger partial charge < -0.3 is 10.6 Å². The van der Waals surface area contributed by atoms with Crippen LogP contribution in [0.5, 0.6) is 0 Å². The van der Waals surface area contributed by atoms with E-state index in [1.807, 2.05) is 0 Å². The molecule has 23 heavy (non-hydrogen) atoms. The first-order valence-corrected chi connectivity index (χ1v) is 11.2. The number of carbonyl (C=O) groups is 1. The van der Waals surface area contributed by atoms with Crippen LogP contribution in [0.25, 0.3) is 0 Å². The molecule has 0 bridgehead atoms. The Labute approximate surface area is 145 Å². The Morgan fingerprint density at radius 1 is 1.26 bits per heavy atom. The van der Waals surface area contributed by atoms with E-state index in [0.717, 1.165) is 24.3 Å². The number of carbonyl (C=O) groups excluding carboxylic acids is 1. The molecule has 1 aromatic heterocycles. The Hall–Kier alpha value is -0.610. The van der Waals surface area contributed by atoms with Gasteiger partial charge in [0.2, 0.25) is 10.0 Å². The first-order chi connectivity index (χ1) is 11.0. The molecule has 6 nitrogen and oxygen atoms in total. The van der Waals surface area contributed by atoms with E-state index in [0.29, 0.717) is 31.1 Å². The van der Waals surface area contributed by atoms with Gasteiger partial charge in [-0.1, -0.05) is 0 Å². The summed E-state index contributed by atoms with van der Waals surface area (Å²) in [4.78, 5) is 14.9. The molecule has 1 atom stereocenters. The highest BCUT2D eigenvalue weighted by atomic mass is 32.2. The van der Waals surface area contributed by atoms with Crippen LogP contribution in [-0.2, 0) is 10.0 Å². The average Bonchev–Trinajstić information content (AvgIpc) is 3.05. The minimum atomic E-state index is -3.59. The van der Waals surface area contributed by atoms with Gasteiger partial charge in [0, 0.05) is 43.7 Å². The van der Waals surface area contributed by atoms with Crippen molar-refractivity contribution < 1.29 is 13.2 Å². The monoisotopic (exact) mass is 375 g/mol. The van der Waals surface area contributed by atoms with E-state index in [9.17, 15) is 13.2 Å². The largest absolute Gasteiger partial charge is 0.336 e. The summed E-state index contributed by atoms with van der Waals surface area (Å²) in [6, 6.07) is 1.53. The van der Waals surface area contributed by atoms with E-state index in [1.165, 1.54) is 15.6 Å². The fourth-order valence-electron chi connectivity index (χ4n) is 2.92. The number of likely N-dealkylation sites (tertiary alicyclic amines) is 1. The maximum atomic E-state index is 12.8. The van der Waals surface area contributed by atoms with Crippen molar-refractivity contribution in [1.29, 1.82) is 0 Å². The third-order valence-corrected chi connectivity index (χ3v) is 8.07. The highest BCUT2D eigenvalue weighted by Gasteiger charge is 2.33. The zero-order chi connectivity index (χ0) is 16.4. The topological polar surface area (TPSA) is 83.7 Å². The standard InChI is InChI=1S/C14H21N3O3S3/c15-11-2-1-4-16(10-11)14(18)13-12(3-7-22-13)23(19,20)17-5-8-21-9-6-17/h3,7,11H,1-2,4-6,8-10,15H2. The van der Waals surface area contributed by atoms with Gasteiger partial charge in [0.15, 0.2) is 0 Å². The lowest BCUT2D eigenvalue weighted by molar-refractivity contribution is 0.0710. The van der Waals surface area contributed by atoms with Crippen LogP contribution in [0.2, 0.25) is 0 Å². The van der Waals surface area contributed by atoms with Crippen molar-refractivity contribution >= 4 is 39.0 Å². The number of hydrogen-bond acceptors (Lipinski definition) is 6. The molecule has 2 saturated heterocycles. The minimum Gasteiger partial charge on any atom is -0.336 e. The summed E-state index contributed by atoms with van der Waals surface area (Å²) in [6.07, 6.45) is 1.77. The molecule has 2 aliphatic heterocycles. The minimum absolute atomic E-state index is 0.0214. The lowest BCUT2D eigenvalue weighted by atomic mass is 10.1. The van der Waals surface area contributed by atoms with Crippen molar-refractivity contribution in [1.82, 2.24) is 9.21 Å². The Kier molecular flexibility index (Phi) is 5.32. The third kappa shape index (κ3) is 3.58. The summed E-state index contributed by atoms with van der Waals surface area (Å²) >= 11 is 2.95. The van der Waals surface area contributed by atoms with E-state index in [2.05, 4.69) is 0 Å². The number of thioether (sulfide) groups is 1. The van der Waals surface area contributed by atoms with Gasteiger partial charge in [0.25, 0.3) is 5.91 Å². The summed E-state index contributed by atoms with van der Waals surface area (Å²) < 4.78 is 27.2. The highest BCUT2D eigenvalue weighted by molar-refractivity contribution is 7.99. The van der Waals surface area contributed by atoms with Gasteiger partial charge in [0.1, 0.15) is 9.77 Å². The van der Waals surface area contributed by atoms with E-state index in [-0.39, 0.29) is 16.8 Å². The van der Waals surface area contributed by atoms with Crippen LogP contribution in [0.1, 0.15) is 22.5 Å². The Balaban J connectivity index is 1.85. The van der Waals surface area contributed by atoms with Crippen molar-refractivity contribution in [3.05, 3.63) is 16.3 Å². The lowest BCUT2D eigenvalue weighted by Crippen LogP contribution is -2.46. The summed E-state index contributed by atoms with van der Waals surface area (Å²) in [5.41, 5.74) is 5.94. The van der Waals surface area contributed by atoms with Crippen LogP contribution in [-0.4, -0.2) is 67.3 Å². The van der Waals surface area contributed by atoms with Gasteiger partial charge in [-0.25, -0.2) is 8.42 Å². The smallest absolute Gasteiger partial charge is 0.265 e. The summed E-state index contributed by atoms with van der Waals surface area (Å²) in [5, 5.41) is 1.68. The van der Waals surface area contributed by atoms with Crippen molar-refractivity contribution in [3.8, 4) is 0 Å². The SMILES string of the molecule is NC1CCCN(C(=O)c2sccc2S(=O)(=O)N2CCSCC2)C1. The van der Waals surface area contributed by atoms with Crippen LogP contribution in [0.3, 0.4) is 0 Å². The molecule has 0 aliphatic carbocycles. The zero-order valence-electron chi connectivity index (χ0n) is 12.8. The quantitative estimate of drug-likeness (QED) is 0.854. The number of thiophene rings is 1. The molecule has 3 rings (SSSR count). The number of sulfonamides is 1. The van der Waals surface area contributed by atoms with E-state index in [1.54, 1.807) is 28.1 Å². The molecule has 9 heteroatoms. The number of nitrogens with two attached hydrogens (primary N) is 1. The predicted octanol–water partition coefficient (Wildman–Crippen LogP) is 1.05. The summed E-state index contributed by atoms with van der Waals surface area (Å²) in [7, 11) is -3.59. The molecule has 0 radical (unpaired) electrons. The molecule has 2 N–H and O–H groups in total. The fraction of sp³-hybridized carbons (Fsp3) is 0.643. The Bertz CT molecular complexity index is 668. The van der Waals surface area contributed by atoms with Crippen molar-refractivity contribution in [2.24, 2.45) is 5.73 Å². The fourth-order valence-corrected chi connectivity index (χ4v) is 6.86. The van der Waals surface area contributed by atoms with Crippen LogP contribution in [0.4, 0.5) is 0 Å². The number of piperidine rings is 1. The second kappa shape index (κ2) is 7.10. The van der Waals surface area contributed by atoms with Gasteiger partial charge in [0.05, 0.1) is 0 Å². The highest BCUT2D eigenvalue weighted by Crippen LogP contribution is 2.28. The predicted molar refractivity (Wildman–Crippen MR) is 93.5 cm³/mol. The molecule has 1 aromatic rings. The lowest BCUT2D eigenvalue weighted by Gasteiger charge is -2.31. The molecule has 2 fully saturated rings. The molecule has 0 spiro atoms. The van der Waals surface area contributed by atoms with E-state index >= 15 is 0 Å². The summed E-state index contributed by atoms with van der Waals surface area (Å²) in [5.74, 6) is 1.39. The average molecular weight is 376 g/mol. The molecule has 3 heterocycles. The number of nitrogens with zero attached hydrogens (tertiary/aromatic N) is 2. The maximum absolute atomic E-state index is 12.8. The van der Waals surface area contributed by atoms with Crippen molar-refractivity contribution in [2.45, 2.75) is 23.8 Å². The first kappa shape index (κ1) is 17.2. The van der Waals surface area contributed by atoms with Gasteiger partial charge in [-0.05, 0) is 24.3 Å². The maximum Gasteiger partial charge on any atom is 0.265 e. The number of amides is 1. The molecule has 0 aromatic carbocycles. The normalized spacial score (nSPS) is 23.9. The molecule has 0 saturated carbocycles. The molecule has 1 amide bonds. The summed E-state index contributed by atoms with van der Waals surface area (Å²) in [6.45, 7) is 2.15. The van der Waals surface area contributed by atoms with Crippen molar-refractivity contribution in [3.63, 3.8) is 0 Å². The Morgan fingerprint density at radius 3 is 2.70 bits per heavy atom. The van der Waals surface area contributed by atoms with Crippen LogP contribution < -0.4 is 5.73 Å². The zero-order valence-corrected chi connectivity index (χ0v) is 15.3. The first-order valence-electron chi connectivity index (χ1n) is 7.70. The van der Waals surface area contributed by atoms with Crippen LogP contribution in [0.15, 0.2) is 16.3 Å². The second-order valence-electron chi connectivity index (χ2n) is 5.78. The van der Waals surface area contributed by atoms with E-state index < -0.39 is 10.0 Å². The number of rotatable bonds is 3. The second-order valence-corrected chi connectivity index (χ2v) is 9.83. The van der Waals surface area contributed by atoms with Gasteiger partial charge in [-0.2, -0.15) is 16.1 Å². The van der Waals surface area contributed by atoms with Gasteiger partial charge >= 0.3 is 0 Å². The molecular formula is C14H21N3O3S3. The van der Waals surface area contributed by atoms with Crippen LogP contribution >= 0.6 is 23.1 Å². The van der Waals surface area contributed by atoms with Crippen LogP contribution in [0, 0.1) is 0 Å². The van der Waals surface area contributed by atoms with Crippen molar-refractivity contribution in [2.75, 3.05) is 37.7 Å².